The van der Waals surface area contributed by atoms with Crippen LogP contribution in [0.25, 0.3) is 0 Å². The second kappa shape index (κ2) is 7.66. The van der Waals surface area contributed by atoms with E-state index in [9.17, 15) is 30.0 Å². The van der Waals surface area contributed by atoms with Gasteiger partial charge in [0.1, 0.15) is 11.7 Å². The SMILES string of the molecule is CC1(C)CC[C@]2(C(=O)O)[C@H](O)C[C@]3(C)C(=CC[C@@H]4[C@@]5(C)C[C@H](O)[C@H](O)[C@@](C)(C=O)[C@@H]5CC[C@]43C)[C@@H]2C1. The molecule has 0 heterocycles. The highest BCUT2D eigenvalue weighted by molar-refractivity contribution is 5.77. The Kier molecular flexibility index (Phi) is 5.61. The quantitative estimate of drug-likeness (QED) is 0.330. The zero-order valence-electron chi connectivity index (χ0n) is 22.9. The number of rotatable bonds is 2. The predicted molar refractivity (Wildman–Crippen MR) is 136 cm³/mol. The number of aliphatic carboxylic acids is 1. The Labute approximate surface area is 215 Å². The molecule has 0 aliphatic heterocycles. The molecule has 0 saturated heterocycles. The van der Waals surface area contributed by atoms with Crippen LogP contribution in [0.5, 0.6) is 0 Å². The highest BCUT2D eigenvalue weighted by Gasteiger charge is 2.72. The van der Waals surface area contributed by atoms with E-state index in [1.54, 1.807) is 6.92 Å². The van der Waals surface area contributed by atoms with E-state index in [4.69, 9.17) is 0 Å². The summed E-state index contributed by atoms with van der Waals surface area (Å²) in [6, 6.07) is 0. The molecule has 0 aromatic rings. The van der Waals surface area contributed by atoms with E-state index < -0.39 is 35.1 Å². The first-order valence-corrected chi connectivity index (χ1v) is 14.0. The van der Waals surface area contributed by atoms with Gasteiger partial charge in [0.05, 0.1) is 23.7 Å². The van der Waals surface area contributed by atoms with E-state index in [1.807, 2.05) is 0 Å². The van der Waals surface area contributed by atoms with Crippen molar-refractivity contribution in [3.05, 3.63) is 11.6 Å². The van der Waals surface area contributed by atoms with Crippen molar-refractivity contribution >= 4 is 12.3 Å². The highest BCUT2D eigenvalue weighted by Crippen LogP contribution is 2.75. The molecule has 0 amide bonds. The standard InChI is InChI=1S/C30H46O6/c1-25(2)11-12-30(24(35)36)18(13-25)17-7-8-21-26(3)14-19(32)23(34)27(4,16-31)20(26)9-10-28(21,5)29(17,6)15-22(30)33/h7,16,18-23,32-34H,8-15H2,1-6H3,(H,35,36)/t18-,19-,20+,21+,22+,23-,26-,27-,28+,29+,30+/m0/s1. The Morgan fingerprint density at radius 2 is 1.61 bits per heavy atom. The van der Waals surface area contributed by atoms with Crippen molar-refractivity contribution in [2.24, 2.45) is 50.2 Å². The number of carboxylic acid groups (broad SMARTS) is 1. The molecule has 4 saturated carbocycles. The summed E-state index contributed by atoms with van der Waals surface area (Å²) in [5, 5.41) is 44.0. The van der Waals surface area contributed by atoms with Crippen LogP contribution in [0.4, 0.5) is 0 Å². The fourth-order valence-corrected chi connectivity index (χ4v) is 10.7. The van der Waals surface area contributed by atoms with Gasteiger partial charge in [-0.15, -0.1) is 0 Å². The lowest BCUT2D eigenvalue weighted by molar-refractivity contribution is -0.235. The molecule has 36 heavy (non-hydrogen) atoms. The number of hydrogen-bond acceptors (Lipinski definition) is 5. The summed E-state index contributed by atoms with van der Waals surface area (Å²) >= 11 is 0. The first-order chi connectivity index (χ1) is 16.5. The fourth-order valence-electron chi connectivity index (χ4n) is 10.7. The van der Waals surface area contributed by atoms with Gasteiger partial charge < -0.3 is 25.2 Å². The topological polar surface area (TPSA) is 115 Å². The summed E-state index contributed by atoms with van der Waals surface area (Å²) < 4.78 is 0. The molecule has 0 radical (unpaired) electrons. The van der Waals surface area contributed by atoms with Gasteiger partial charge in [-0.3, -0.25) is 4.79 Å². The number of aldehydes is 1. The molecular formula is C30H46O6. The molecule has 5 rings (SSSR count). The smallest absolute Gasteiger partial charge is 0.312 e. The van der Waals surface area contributed by atoms with Gasteiger partial charge in [0.2, 0.25) is 0 Å². The Morgan fingerprint density at radius 1 is 0.944 bits per heavy atom. The van der Waals surface area contributed by atoms with Crippen LogP contribution in [-0.4, -0.2) is 51.0 Å². The van der Waals surface area contributed by atoms with Gasteiger partial charge in [0.15, 0.2) is 0 Å². The molecule has 6 heteroatoms. The molecule has 0 aromatic carbocycles. The third-order valence-corrected chi connectivity index (χ3v) is 13.0. The third kappa shape index (κ3) is 2.95. The molecule has 6 nitrogen and oxygen atoms in total. The Balaban J connectivity index is 1.64. The first kappa shape index (κ1) is 26.4. The molecule has 0 spiro atoms. The normalized spacial score (nSPS) is 55.8. The lowest BCUT2D eigenvalue weighted by Crippen LogP contribution is -2.69. The van der Waals surface area contributed by atoms with E-state index in [-0.39, 0.29) is 39.4 Å². The van der Waals surface area contributed by atoms with Crippen LogP contribution < -0.4 is 0 Å². The van der Waals surface area contributed by atoms with Gasteiger partial charge in [-0.1, -0.05) is 53.2 Å². The van der Waals surface area contributed by atoms with Gasteiger partial charge in [0.25, 0.3) is 0 Å². The Morgan fingerprint density at radius 3 is 2.22 bits per heavy atom. The molecule has 5 aliphatic carbocycles. The lowest BCUT2D eigenvalue weighted by Gasteiger charge is -2.71. The summed E-state index contributed by atoms with van der Waals surface area (Å²) in [6.07, 6.45) is 5.52. The molecule has 0 unspecified atom stereocenters. The van der Waals surface area contributed by atoms with Crippen LogP contribution in [-0.2, 0) is 9.59 Å². The molecule has 4 fully saturated rings. The molecular weight excluding hydrogens is 456 g/mol. The van der Waals surface area contributed by atoms with E-state index in [0.717, 1.165) is 38.4 Å². The Bertz CT molecular complexity index is 1000. The lowest BCUT2D eigenvalue weighted by atomic mass is 9.33. The van der Waals surface area contributed by atoms with Crippen molar-refractivity contribution in [3.63, 3.8) is 0 Å². The summed E-state index contributed by atoms with van der Waals surface area (Å²) in [7, 11) is 0. The summed E-state index contributed by atoms with van der Waals surface area (Å²) in [6.45, 7) is 13.0. The molecule has 202 valence electrons. The number of allylic oxidation sites excluding steroid dienone is 2. The van der Waals surface area contributed by atoms with Crippen LogP contribution in [0.15, 0.2) is 11.6 Å². The van der Waals surface area contributed by atoms with Gasteiger partial charge >= 0.3 is 5.97 Å². The minimum absolute atomic E-state index is 0.0131. The summed E-state index contributed by atoms with van der Waals surface area (Å²) in [5.41, 5.74) is -1.86. The second-order valence-corrected chi connectivity index (χ2v) is 15.0. The van der Waals surface area contributed by atoms with Gasteiger partial charge in [-0.2, -0.15) is 0 Å². The van der Waals surface area contributed by atoms with Crippen molar-refractivity contribution in [2.45, 2.75) is 111 Å². The maximum absolute atomic E-state index is 12.8. The van der Waals surface area contributed by atoms with Crippen LogP contribution in [0.2, 0.25) is 0 Å². The van der Waals surface area contributed by atoms with E-state index in [2.05, 4.69) is 40.7 Å². The molecule has 11 atom stereocenters. The number of hydrogen-bond donors (Lipinski definition) is 4. The number of carboxylic acids is 1. The Hall–Kier alpha value is -1.24. The summed E-state index contributed by atoms with van der Waals surface area (Å²) in [4.78, 5) is 25.2. The predicted octanol–water partition coefficient (Wildman–Crippen LogP) is 4.35. The van der Waals surface area contributed by atoms with Crippen LogP contribution >= 0.6 is 0 Å². The second-order valence-electron chi connectivity index (χ2n) is 15.0. The summed E-state index contributed by atoms with van der Waals surface area (Å²) in [5.74, 6) is -0.958. The largest absolute Gasteiger partial charge is 0.481 e. The fraction of sp³-hybridized carbons (Fsp3) is 0.867. The number of aliphatic hydroxyl groups excluding tert-OH is 3. The molecule has 0 aromatic heterocycles. The average molecular weight is 503 g/mol. The molecule has 0 bridgehead atoms. The zero-order valence-corrected chi connectivity index (χ0v) is 22.9. The van der Waals surface area contributed by atoms with E-state index in [0.29, 0.717) is 19.3 Å². The number of carbonyl (C=O) groups excluding carboxylic acids is 1. The monoisotopic (exact) mass is 502 g/mol. The number of aliphatic hydroxyl groups is 3. The number of fused-ring (bicyclic) bond motifs is 7. The molecule has 4 N–H and O–H groups in total. The zero-order chi connectivity index (χ0) is 26.7. The van der Waals surface area contributed by atoms with Crippen LogP contribution in [0.1, 0.15) is 92.9 Å². The third-order valence-electron chi connectivity index (χ3n) is 13.0. The van der Waals surface area contributed by atoms with Crippen molar-refractivity contribution in [2.75, 3.05) is 0 Å². The van der Waals surface area contributed by atoms with Crippen molar-refractivity contribution in [1.29, 1.82) is 0 Å². The molecule has 5 aliphatic rings. The van der Waals surface area contributed by atoms with Crippen LogP contribution in [0, 0.1) is 50.2 Å². The van der Waals surface area contributed by atoms with Crippen LogP contribution in [0.3, 0.4) is 0 Å². The van der Waals surface area contributed by atoms with Crippen molar-refractivity contribution in [3.8, 4) is 0 Å². The van der Waals surface area contributed by atoms with Crippen molar-refractivity contribution in [1.82, 2.24) is 0 Å². The minimum Gasteiger partial charge on any atom is -0.481 e. The number of carbonyl (C=O) groups is 2. The van der Waals surface area contributed by atoms with E-state index in [1.165, 1.54) is 5.57 Å². The highest BCUT2D eigenvalue weighted by atomic mass is 16.4. The maximum Gasteiger partial charge on any atom is 0.312 e. The van der Waals surface area contributed by atoms with Gasteiger partial charge in [-0.05, 0) is 90.8 Å². The van der Waals surface area contributed by atoms with Crippen molar-refractivity contribution < 1.29 is 30.0 Å². The van der Waals surface area contributed by atoms with Gasteiger partial charge in [0, 0.05) is 0 Å². The maximum atomic E-state index is 12.8. The minimum atomic E-state index is -1.13. The average Bonchev–Trinajstić information content (AvgIpc) is 2.77. The van der Waals surface area contributed by atoms with E-state index >= 15 is 0 Å². The first-order valence-electron chi connectivity index (χ1n) is 14.0. The van der Waals surface area contributed by atoms with Gasteiger partial charge in [-0.25, -0.2) is 0 Å².